The first-order valence-electron chi connectivity index (χ1n) is 3.90. The summed E-state index contributed by atoms with van der Waals surface area (Å²) < 4.78 is 0. The van der Waals surface area contributed by atoms with Crippen LogP contribution in [0.5, 0.6) is 0 Å². The van der Waals surface area contributed by atoms with E-state index in [2.05, 4.69) is 4.98 Å². The zero-order valence-corrected chi connectivity index (χ0v) is 9.17. The highest BCUT2D eigenvalue weighted by atomic mass is 35.5. The van der Waals surface area contributed by atoms with Crippen LogP contribution in [-0.4, -0.2) is 16.1 Å². The van der Waals surface area contributed by atoms with E-state index in [0.717, 1.165) is 11.4 Å². The number of carboxylic acids is 1. The monoisotopic (exact) mass is 221 g/mol. The minimum Gasteiger partial charge on any atom is -0.477 e. The molecule has 0 saturated heterocycles. The van der Waals surface area contributed by atoms with Crippen molar-refractivity contribution in [1.82, 2.24) is 4.98 Å². The lowest BCUT2D eigenvalue weighted by Crippen LogP contribution is -1.97. The lowest BCUT2D eigenvalue weighted by atomic mass is 10.3. The molecular formula is C8H12ClNO2S. The summed E-state index contributed by atoms with van der Waals surface area (Å²) in [5.74, 6) is -0.857. The fourth-order valence-electron chi connectivity index (χ4n) is 0.959. The number of hydrogen-bond donors (Lipinski definition) is 1. The third kappa shape index (κ3) is 2.67. The van der Waals surface area contributed by atoms with Gasteiger partial charge in [0.1, 0.15) is 4.88 Å². The maximum absolute atomic E-state index is 10.7. The Labute approximate surface area is 87.2 Å². The van der Waals surface area contributed by atoms with Crippen molar-refractivity contribution in [2.75, 3.05) is 0 Å². The zero-order chi connectivity index (χ0) is 9.14. The maximum Gasteiger partial charge on any atom is 0.347 e. The van der Waals surface area contributed by atoms with E-state index in [0.29, 0.717) is 17.0 Å². The molecule has 0 aliphatic rings. The second-order valence-electron chi connectivity index (χ2n) is 2.40. The van der Waals surface area contributed by atoms with Crippen molar-refractivity contribution in [1.29, 1.82) is 0 Å². The van der Waals surface area contributed by atoms with Gasteiger partial charge in [0, 0.05) is 0 Å². The molecule has 1 rings (SSSR count). The molecule has 5 heteroatoms. The lowest BCUT2D eigenvalue weighted by molar-refractivity contribution is 0.0701. The van der Waals surface area contributed by atoms with Crippen LogP contribution in [0.1, 0.15) is 34.2 Å². The SMILES string of the molecule is CCc1nc(CC)c(C(=O)O)s1.Cl. The van der Waals surface area contributed by atoms with Crippen molar-refractivity contribution in [2.24, 2.45) is 0 Å². The third-order valence-corrected chi connectivity index (χ3v) is 2.80. The molecule has 0 atom stereocenters. The number of thiazole rings is 1. The largest absolute Gasteiger partial charge is 0.477 e. The van der Waals surface area contributed by atoms with Crippen LogP contribution >= 0.6 is 23.7 Å². The van der Waals surface area contributed by atoms with Gasteiger partial charge in [-0.2, -0.15) is 0 Å². The summed E-state index contributed by atoms with van der Waals surface area (Å²) in [6, 6.07) is 0. The average Bonchev–Trinajstić information content (AvgIpc) is 2.47. The number of nitrogens with zero attached hydrogens (tertiary/aromatic N) is 1. The molecule has 3 nitrogen and oxygen atoms in total. The fraction of sp³-hybridized carbons (Fsp3) is 0.500. The molecule has 0 aliphatic heterocycles. The molecule has 0 fully saturated rings. The summed E-state index contributed by atoms with van der Waals surface area (Å²) >= 11 is 1.28. The van der Waals surface area contributed by atoms with Gasteiger partial charge in [-0.15, -0.1) is 23.7 Å². The van der Waals surface area contributed by atoms with Crippen LogP contribution in [-0.2, 0) is 12.8 Å². The van der Waals surface area contributed by atoms with Gasteiger partial charge in [-0.25, -0.2) is 9.78 Å². The van der Waals surface area contributed by atoms with E-state index >= 15 is 0 Å². The predicted octanol–water partition coefficient (Wildman–Crippen LogP) is 2.39. The second-order valence-corrected chi connectivity index (χ2v) is 3.48. The molecule has 0 spiro atoms. The Morgan fingerprint density at radius 2 is 2.08 bits per heavy atom. The highest BCUT2D eigenvalue weighted by molar-refractivity contribution is 7.13. The highest BCUT2D eigenvalue weighted by Gasteiger charge is 2.14. The minimum atomic E-state index is -0.857. The average molecular weight is 222 g/mol. The van der Waals surface area contributed by atoms with Crippen molar-refractivity contribution < 1.29 is 9.90 Å². The van der Waals surface area contributed by atoms with E-state index in [1.54, 1.807) is 0 Å². The number of hydrogen-bond acceptors (Lipinski definition) is 3. The van der Waals surface area contributed by atoms with Gasteiger partial charge in [0.15, 0.2) is 0 Å². The summed E-state index contributed by atoms with van der Waals surface area (Å²) in [4.78, 5) is 15.3. The Balaban J connectivity index is 0.00000144. The number of carboxylic acid groups (broad SMARTS) is 1. The normalized spacial score (nSPS) is 9.38. The van der Waals surface area contributed by atoms with Crippen molar-refractivity contribution in [3.05, 3.63) is 15.6 Å². The summed E-state index contributed by atoms with van der Waals surface area (Å²) in [5, 5.41) is 9.68. The summed E-state index contributed by atoms with van der Waals surface area (Å²) in [6.07, 6.45) is 1.50. The topological polar surface area (TPSA) is 50.2 Å². The third-order valence-electron chi connectivity index (χ3n) is 1.57. The van der Waals surface area contributed by atoms with Gasteiger partial charge in [0.25, 0.3) is 0 Å². The number of aromatic carboxylic acids is 1. The predicted molar refractivity (Wildman–Crippen MR) is 55.1 cm³/mol. The first kappa shape index (κ1) is 12.4. The first-order valence-corrected chi connectivity index (χ1v) is 4.72. The molecule has 0 aromatic carbocycles. The molecule has 1 heterocycles. The van der Waals surface area contributed by atoms with Crippen LogP contribution in [0.3, 0.4) is 0 Å². The van der Waals surface area contributed by atoms with E-state index < -0.39 is 5.97 Å². The molecular weight excluding hydrogens is 210 g/mol. The van der Waals surface area contributed by atoms with Gasteiger partial charge < -0.3 is 5.11 Å². The molecule has 74 valence electrons. The van der Waals surface area contributed by atoms with Crippen molar-refractivity contribution >= 4 is 29.7 Å². The van der Waals surface area contributed by atoms with Crippen molar-refractivity contribution in [3.8, 4) is 0 Å². The summed E-state index contributed by atoms with van der Waals surface area (Å²) in [6.45, 7) is 3.89. The number of aromatic nitrogens is 1. The highest BCUT2D eigenvalue weighted by Crippen LogP contribution is 2.19. The minimum absolute atomic E-state index is 0. The Hall–Kier alpha value is -0.610. The van der Waals surface area contributed by atoms with Crippen LogP contribution < -0.4 is 0 Å². The summed E-state index contributed by atoms with van der Waals surface area (Å²) in [7, 11) is 0. The van der Waals surface area contributed by atoms with Crippen LogP contribution in [0.25, 0.3) is 0 Å². The fourth-order valence-corrected chi connectivity index (χ4v) is 1.89. The van der Waals surface area contributed by atoms with Crippen LogP contribution in [0.2, 0.25) is 0 Å². The number of halogens is 1. The van der Waals surface area contributed by atoms with E-state index in [4.69, 9.17) is 5.11 Å². The van der Waals surface area contributed by atoms with Crippen molar-refractivity contribution in [3.63, 3.8) is 0 Å². The van der Waals surface area contributed by atoms with E-state index in [1.165, 1.54) is 11.3 Å². The maximum atomic E-state index is 10.7. The van der Waals surface area contributed by atoms with Gasteiger partial charge in [-0.05, 0) is 12.8 Å². The Morgan fingerprint density at radius 3 is 2.38 bits per heavy atom. The molecule has 0 bridgehead atoms. The number of aryl methyl sites for hydroxylation is 2. The van der Waals surface area contributed by atoms with Crippen molar-refractivity contribution in [2.45, 2.75) is 26.7 Å². The van der Waals surface area contributed by atoms with E-state index in [9.17, 15) is 4.79 Å². The van der Waals surface area contributed by atoms with E-state index in [-0.39, 0.29) is 12.4 Å². The summed E-state index contributed by atoms with van der Waals surface area (Å²) in [5.41, 5.74) is 0.712. The van der Waals surface area contributed by atoms with E-state index in [1.807, 2.05) is 13.8 Å². The van der Waals surface area contributed by atoms with Crippen LogP contribution in [0.4, 0.5) is 0 Å². The van der Waals surface area contributed by atoms with Gasteiger partial charge in [0.2, 0.25) is 0 Å². The zero-order valence-electron chi connectivity index (χ0n) is 7.53. The Morgan fingerprint density at radius 1 is 1.46 bits per heavy atom. The first-order chi connectivity index (χ1) is 5.69. The molecule has 0 aliphatic carbocycles. The molecule has 0 amide bonds. The Kier molecular flexibility index (Phi) is 4.95. The van der Waals surface area contributed by atoms with Gasteiger partial charge in [-0.1, -0.05) is 13.8 Å². The van der Waals surface area contributed by atoms with Gasteiger partial charge in [-0.3, -0.25) is 0 Å². The van der Waals surface area contributed by atoms with Crippen LogP contribution in [0.15, 0.2) is 0 Å². The van der Waals surface area contributed by atoms with Gasteiger partial charge in [0.05, 0.1) is 10.7 Å². The quantitative estimate of drug-likeness (QED) is 0.853. The molecule has 0 saturated carbocycles. The number of rotatable bonds is 3. The molecule has 1 N–H and O–H groups in total. The number of carbonyl (C=O) groups is 1. The molecule has 1 aromatic rings. The standard InChI is InChI=1S/C8H11NO2S.ClH/c1-3-5-7(8(10)11)12-6(4-2)9-5;/h3-4H2,1-2H3,(H,10,11);1H. The molecule has 0 radical (unpaired) electrons. The smallest absolute Gasteiger partial charge is 0.347 e. The van der Waals surface area contributed by atoms with Gasteiger partial charge >= 0.3 is 5.97 Å². The lowest BCUT2D eigenvalue weighted by Gasteiger charge is -1.89. The molecule has 0 unspecified atom stereocenters. The van der Waals surface area contributed by atoms with Crippen LogP contribution in [0, 0.1) is 0 Å². The Bertz CT molecular complexity index is 298. The molecule has 1 aromatic heterocycles. The second kappa shape index (κ2) is 5.19. The molecule has 13 heavy (non-hydrogen) atoms.